The van der Waals surface area contributed by atoms with E-state index in [9.17, 15) is 0 Å². The Kier molecular flexibility index (Phi) is 3.92. The first kappa shape index (κ1) is 9.05. The molecule has 0 aromatic rings. The average molecular weight is 155 g/mol. The Labute approximate surface area is 70.6 Å². The van der Waals surface area contributed by atoms with Gasteiger partial charge in [-0.1, -0.05) is 39.0 Å². The van der Waals surface area contributed by atoms with E-state index in [4.69, 9.17) is 0 Å². The molecule has 1 N–H and O–H groups in total. The largest absolute Gasteiger partial charge is 0.319 e. The lowest BCUT2D eigenvalue weighted by molar-refractivity contribution is 0.321. The zero-order valence-electron chi connectivity index (χ0n) is 7.90. The lowest BCUT2D eigenvalue weighted by Gasteiger charge is -2.21. The van der Waals surface area contributed by atoms with Crippen LogP contribution in [0.5, 0.6) is 0 Å². The van der Waals surface area contributed by atoms with Crippen molar-refractivity contribution in [2.24, 2.45) is 11.8 Å². The van der Waals surface area contributed by atoms with Gasteiger partial charge >= 0.3 is 0 Å². The Balaban J connectivity index is 2.27. The normalized spacial score (nSPS) is 22.4. The van der Waals surface area contributed by atoms with Gasteiger partial charge in [0.25, 0.3) is 0 Å². The summed E-state index contributed by atoms with van der Waals surface area (Å²) in [5.41, 5.74) is 0. The van der Waals surface area contributed by atoms with E-state index in [1.165, 1.54) is 38.6 Å². The molecule has 1 nitrogen and oxygen atoms in total. The highest BCUT2D eigenvalue weighted by Crippen LogP contribution is 2.32. The van der Waals surface area contributed by atoms with Crippen molar-refractivity contribution in [3.63, 3.8) is 0 Å². The van der Waals surface area contributed by atoms with Gasteiger partial charge < -0.3 is 5.32 Å². The summed E-state index contributed by atoms with van der Waals surface area (Å²) in [7, 11) is 2.07. The van der Waals surface area contributed by atoms with Crippen LogP contribution in [0.4, 0.5) is 0 Å². The van der Waals surface area contributed by atoms with Gasteiger partial charge in [-0.25, -0.2) is 0 Å². The predicted molar refractivity (Wildman–Crippen MR) is 49.7 cm³/mol. The minimum Gasteiger partial charge on any atom is -0.319 e. The zero-order chi connectivity index (χ0) is 8.10. The molecule has 0 spiro atoms. The molecule has 0 aliphatic heterocycles. The quantitative estimate of drug-likeness (QED) is 0.657. The molecule has 0 aromatic heterocycles. The van der Waals surface area contributed by atoms with Crippen molar-refractivity contribution in [2.45, 2.75) is 39.0 Å². The van der Waals surface area contributed by atoms with E-state index >= 15 is 0 Å². The van der Waals surface area contributed by atoms with Crippen LogP contribution in [0.3, 0.4) is 0 Å². The fourth-order valence-corrected chi connectivity index (χ4v) is 2.34. The van der Waals surface area contributed by atoms with Gasteiger partial charge in [0.1, 0.15) is 0 Å². The van der Waals surface area contributed by atoms with Crippen molar-refractivity contribution in [3.05, 3.63) is 0 Å². The SMILES string of the molecule is CCC(CNC)C1CCCC1. The Morgan fingerprint density at radius 1 is 1.36 bits per heavy atom. The van der Waals surface area contributed by atoms with Crippen LogP contribution < -0.4 is 5.32 Å². The van der Waals surface area contributed by atoms with Crippen molar-refractivity contribution in [2.75, 3.05) is 13.6 Å². The van der Waals surface area contributed by atoms with Crippen molar-refractivity contribution in [1.82, 2.24) is 5.32 Å². The molecule has 1 rings (SSSR count). The maximum absolute atomic E-state index is 3.30. The molecule has 0 radical (unpaired) electrons. The lowest BCUT2D eigenvalue weighted by atomic mass is 9.89. The van der Waals surface area contributed by atoms with Gasteiger partial charge in [-0.3, -0.25) is 0 Å². The molecule has 0 aromatic carbocycles. The Bertz CT molecular complexity index is 95.0. The molecule has 1 heteroatoms. The van der Waals surface area contributed by atoms with E-state index in [0.29, 0.717) is 0 Å². The standard InChI is InChI=1S/C10H21N/c1-3-9(8-11-2)10-6-4-5-7-10/h9-11H,3-8H2,1-2H3. The summed E-state index contributed by atoms with van der Waals surface area (Å²) < 4.78 is 0. The molecule has 1 saturated carbocycles. The van der Waals surface area contributed by atoms with Crippen molar-refractivity contribution in [3.8, 4) is 0 Å². The maximum atomic E-state index is 3.30. The Morgan fingerprint density at radius 2 is 2.00 bits per heavy atom. The van der Waals surface area contributed by atoms with Gasteiger partial charge in [0.2, 0.25) is 0 Å². The highest BCUT2D eigenvalue weighted by molar-refractivity contribution is 4.75. The fourth-order valence-electron chi connectivity index (χ4n) is 2.34. The summed E-state index contributed by atoms with van der Waals surface area (Å²) in [4.78, 5) is 0. The third-order valence-electron chi connectivity index (χ3n) is 3.06. The van der Waals surface area contributed by atoms with Crippen LogP contribution in [0.25, 0.3) is 0 Å². The second-order valence-electron chi connectivity index (χ2n) is 3.77. The van der Waals surface area contributed by atoms with Crippen LogP contribution >= 0.6 is 0 Å². The molecule has 1 unspecified atom stereocenters. The predicted octanol–water partition coefficient (Wildman–Crippen LogP) is 2.42. The lowest BCUT2D eigenvalue weighted by Crippen LogP contribution is -2.23. The smallest absolute Gasteiger partial charge is 0.00210 e. The molecule has 1 aliphatic rings. The summed E-state index contributed by atoms with van der Waals surface area (Å²) in [6.07, 6.45) is 7.28. The van der Waals surface area contributed by atoms with Gasteiger partial charge in [-0.15, -0.1) is 0 Å². The molecule has 0 amide bonds. The van der Waals surface area contributed by atoms with Crippen molar-refractivity contribution < 1.29 is 0 Å². The van der Waals surface area contributed by atoms with Crippen LogP contribution in [0, 0.1) is 11.8 Å². The van der Waals surface area contributed by atoms with Gasteiger partial charge in [0.15, 0.2) is 0 Å². The van der Waals surface area contributed by atoms with Crippen LogP contribution in [0.1, 0.15) is 39.0 Å². The zero-order valence-corrected chi connectivity index (χ0v) is 7.90. The van der Waals surface area contributed by atoms with E-state index in [0.717, 1.165) is 11.8 Å². The van der Waals surface area contributed by atoms with Crippen LogP contribution in [0.2, 0.25) is 0 Å². The molecular formula is C10H21N. The number of nitrogens with one attached hydrogen (secondary N) is 1. The topological polar surface area (TPSA) is 12.0 Å². The number of hydrogen-bond donors (Lipinski definition) is 1. The van der Waals surface area contributed by atoms with E-state index in [1.54, 1.807) is 0 Å². The maximum Gasteiger partial charge on any atom is -0.00210 e. The minimum absolute atomic E-state index is 0.947. The van der Waals surface area contributed by atoms with Crippen LogP contribution in [-0.2, 0) is 0 Å². The first-order valence-corrected chi connectivity index (χ1v) is 5.03. The molecular weight excluding hydrogens is 134 g/mol. The van der Waals surface area contributed by atoms with Gasteiger partial charge in [0.05, 0.1) is 0 Å². The second kappa shape index (κ2) is 4.76. The summed E-state index contributed by atoms with van der Waals surface area (Å²) >= 11 is 0. The minimum atomic E-state index is 0.947. The molecule has 66 valence electrons. The van der Waals surface area contributed by atoms with Crippen molar-refractivity contribution in [1.29, 1.82) is 0 Å². The van der Waals surface area contributed by atoms with E-state index in [1.807, 2.05) is 0 Å². The molecule has 1 aliphatic carbocycles. The molecule has 1 atom stereocenters. The summed E-state index contributed by atoms with van der Waals surface area (Å²) in [5.74, 6) is 1.98. The summed E-state index contributed by atoms with van der Waals surface area (Å²) in [6, 6.07) is 0. The third kappa shape index (κ3) is 2.48. The highest BCUT2D eigenvalue weighted by atomic mass is 14.8. The second-order valence-corrected chi connectivity index (χ2v) is 3.77. The summed E-state index contributed by atoms with van der Waals surface area (Å²) in [5, 5.41) is 3.30. The van der Waals surface area contributed by atoms with Gasteiger partial charge in [-0.2, -0.15) is 0 Å². The fraction of sp³-hybridized carbons (Fsp3) is 1.00. The first-order valence-electron chi connectivity index (χ1n) is 5.03. The Hall–Kier alpha value is -0.0400. The van der Waals surface area contributed by atoms with E-state index in [2.05, 4.69) is 19.3 Å². The van der Waals surface area contributed by atoms with Gasteiger partial charge in [-0.05, 0) is 25.4 Å². The average Bonchev–Trinajstić information content (AvgIpc) is 2.52. The summed E-state index contributed by atoms with van der Waals surface area (Å²) in [6.45, 7) is 3.54. The highest BCUT2D eigenvalue weighted by Gasteiger charge is 2.22. The molecule has 0 bridgehead atoms. The molecule has 1 fully saturated rings. The Morgan fingerprint density at radius 3 is 2.45 bits per heavy atom. The monoisotopic (exact) mass is 155 g/mol. The van der Waals surface area contributed by atoms with Gasteiger partial charge in [0, 0.05) is 0 Å². The number of hydrogen-bond acceptors (Lipinski definition) is 1. The van der Waals surface area contributed by atoms with Crippen LogP contribution in [0.15, 0.2) is 0 Å². The third-order valence-corrected chi connectivity index (χ3v) is 3.06. The van der Waals surface area contributed by atoms with E-state index in [-0.39, 0.29) is 0 Å². The first-order chi connectivity index (χ1) is 5.38. The van der Waals surface area contributed by atoms with Crippen LogP contribution in [-0.4, -0.2) is 13.6 Å². The number of rotatable bonds is 4. The molecule has 11 heavy (non-hydrogen) atoms. The molecule has 0 heterocycles. The molecule has 0 saturated heterocycles. The van der Waals surface area contributed by atoms with E-state index < -0.39 is 0 Å². The van der Waals surface area contributed by atoms with Crippen molar-refractivity contribution >= 4 is 0 Å².